The van der Waals surface area contributed by atoms with E-state index in [9.17, 15) is 4.39 Å². The summed E-state index contributed by atoms with van der Waals surface area (Å²) in [7, 11) is 1.76. The summed E-state index contributed by atoms with van der Waals surface area (Å²) in [6.45, 7) is 0. The van der Waals surface area contributed by atoms with Gasteiger partial charge in [0, 0.05) is 18.1 Å². The fourth-order valence-electron chi connectivity index (χ4n) is 1.11. The van der Waals surface area contributed by atoms with Crippen molar-refractivity contribution in [3.63, 3.8) is 0 Å². The van der Waals surface area contributed by atoms with E-state index in [1.54, 1.807) is 18.6 Å². The molecule has 16 heavy (non-hydrogen) atoms. The fourth-order valence-corrected chi connectivity index (χ4v) is 2.29. The Morgan fingerprint density at radius 3 is 2.94 bits per heavy atom. The lowest BCUT2D eigenvalue weighted by atomic mass is 10.3. The first-order valence-electron chi connectivity index (χ1n) is 4.58. The first-order chi connectivity index (χ1) is 7.79. The third kappa shape index (κ3) is 2.65. The average molecular weight is 255 g/mol. The van der Waals surface area contributed by atoms with Crippen LogP contribution in [0.1, 0.15) is 0 Å². The van der Waals surface area contributed by atoms with Crippen LogP contribution in [0.25, 0.3) is 0 Å². The highest BCUT2D eigenvalue weighted by Crippen LogP contribution is 2.25. The number of halogens is 1. The number of aromatic nitrogens is 1. The van der Waals surface area contributed by atoms with Gasteiger partial charge in [-0.25, -0.2) is 9.37 Å². The standard InChI is InChI=1S/C10H10FN3S2/c1-12-7-2-3-9(8(11)4-7)16-14-10-5-15-6-13-10/h2-6,12,14H,1H3. The molecule has 0 fully saturated rings. The molecular formula is C10H10FN3S2. The predicted octanol–water partition coefficient (Wildman–Crippen LogP) is 3.44. The van der Waals surface area contributed by atoms with E-state index in [0.717, 1.165) is 11.5 Å². The first kappa shape index (κ1) is 11.2. The Kier molecular flexibility index (Phi) is 3.63. The van der Waals surface area contributed by atoms with Crippen LogP contribution >= 0.6 is 23.3 Å². The van der Waals surface area contributed by atoms with Crippen LogP contribution in [0.5, 0.6) is 0 Å². The Morgan fingerprint density at radius 2 is 2.31 bits per heavy atom. The predicted molar refractivity (Wildman–Crippen MR) is 67.5 cm³/mol. The molecule has 0 saturated heterocycles. The van der Waals surface area contributed by atoms with Crippen molar-refractivity contribution in [1.82, 2.24) is 4.98 Å². The number of anilines is 2. The minimum atomic E-state index is -0.250. The lowest BCUT2D eigenvalue weighted by Crippen LogP contribution is -1.92. The Balaban J connectivity index is 2.04. The van der Waals surface area contributed by atoms with Crippen LogP contribution in [0.2, 0.25) is 0 Å². The maximum atomic E-state index is 13.5. The largest absolute Gasteiger partial charge is 0.388 e. The van der Waals surface area contributed by atoms with Crippen molar-refractivity contribution in [1.29, 1.82) is 0 Å². The molecule has 2 rings (SSSR count). The SMILES string of the molecule is CNc1ccc(SNc2cscn2)c(F)c1. The van der Waals surface area contributed by atoms with Crippen LogP contribution in [0.15, 0.2) is 34.0 Å². The molecule has 1 heterocycles. The molecular weight excluding hydrogens is 245 g/mol. The molecule has 0 unspecified atom stereocenters. The minimum Gasteiger partial charge on any atom is -0.388 e. The van der Waals surface area contributed by atoms with Gasteiger partial charge >= 0.3 is 0 Å². The van der Waals surface area contributed by atoms with Gasteiger partial charge in [0.15, 0.2) is 0 Å². The van der Waals surface area contributed by atoms with Crippen molar-refractivity contribution in [3.8, 4) is 0 Å². The van der Waals surface area contributed by atoms with Gasteiger partial charge in [0.2, 0.25) is 0 Å². The Labute approximate surface area is 101 Å². The Morgan fingerprint density at radius 1 is 1.44 bits per heavy atom. The molecule has 0 amide bonds. The van der Waals surface area contributed by atoms with E-state index < -0.39 is 0 Å². The van der Waals surface area contributed by atoms with Gasteiger partial charge in [-0.05, 0) is 30.1 Å². The highest BCUT2D eigenvalue weighted by molar-refractivity contribution is 8.00. The molecule has 1 aromatic heterocycles. The number of thiazole rings is 1. The van der Waals surface area contributed by atoms with E-state index >= 15 is 0 Å². The highest BCUT2D eigenvalue weighted by atomic mass is 32.2. The van der Waals surface area contributed by atoms with Crippen molar-refractivity contribution in [3.05, 3.63) is 34.9 Å². The number of nitrogens with zero attached hydrogens (tertiary/aromatic N) is 1. The quantitative estimate of drug-likeness (QED) is 0.821. The lowest BCUT2D eigenvalue weighted by molar-refractivity contribution is 0.603. The lowest BCUT2D eigenvalue weighted by Gasteiger charge is -2.05. The molecule has 0 radical (unpaired) electrons. The van der Waals surface area contributed by atoms with Gasteiger partial charge in [0.1, 0.15) is 11.6 Å². The molecule has 2 N–H and O–H groups in total. The van der Waals surface area contributed by atoms with E-state index in [1.807, 2.05) is 11.4 Å². The third-order valence-corrected chi connectivity index (χ3v) is 3.37. The topological polar surface area (TPSA) is 37.0 Å². The number of benzene rings is 1. The van der Waals surface area contributed by atoms with E-state index in [0.29, 0.717) is 4.90 Å². The Bertz CT molecular complexity index is 459. The normalized spacial score (nSPS) is 10.1. The van der Waals surface area contributed by atoms with Crippen molar-refractivity contribution in [2.75, 3.05) is 17.1 Å². The molecule has 0 aliphatic heterocycles. The summed E-state index contributed by atoms with van der Waals surface area (Å²) in [5.41, 5.74) is 2.49. The van der Waals surface area contributed by atoms with Crippen LogP contribution in [0.3, 0.4) is 0 Å². The molecule has 1 aromatic carbocycles. The summed E-state index contributed by atoms with van der Waals surface area (Å²) in [6, 6.07) is 5.02. The summed E-state index contributed by atoms with van der Waals surface area (Å²) < 4.78 is 16.5. The smallest absolute Gasteiger partial charge is 0.147 e. The molecule has 0 bridgehead atoms. The summed E-state index contributed by atoms with van der Waals surface area (Å²) in [4.78, 5) is 4.59. The number of rotatable bonds is 4. The van der Waals surface area contributed by atoms with Gasteiger partial charge in [-0.3, -0.25) is 0 Å². The zero-order chi connectivity index (χ0) is 11.4. The second-order valence-electron chi connectivity index (χ2n) is 2.97. The number of hydrogen-bond acceptors (Lipinski definition) is 5. The van der Waals surface area contributed by atoms with E-state index in [4.69, 9.17) is 0 Å². The minimum absolute atomic E-state index is 0.250. The third-order valence-electron chi connectivity index (χ3n) is 1.92. The maximum absolute atomic E-state index is 13.5. The van der Waals surface area contributed by atoms with E-state index in [1.165, 1.54) is 29.4 Å². The zero-order valence-electron chi connectivity index (χ0n) is 8.53. The number of nitrogens with one attached hydrogen (secondary N) is 2. The maximum Gasteiger partial charge on any atom is 0.147 e. The van der Waals surface area contributed by atoms with E-state index in [2.05, 4.69) is 15.0 Å². The van der Waals surface area contributed by atoms with Gasteiger partial charge in [0.05, 0.1) is 10.4 Å². The molecule has 0 aliphatic carbocycles. The molecule has 3 nitrogen and oxygen atoms in total. The molecule has 84 valence electrons. The van der Waals surface area contributed by atoms with Gasteiger partial charge in [-0.1, -0.05) is 0 Å². The number of hydrogen-bond donors (Lipinski definition) is 2. The van der Waals surface area contributed by atoms with Gasteiger partial charge in [-0.15, -0.1) is 11.3 Å². The monoisotopic (exact) mass is 255 g/mol. The second kappa shape index (κ2) is 5.18. The molecule has 2 aromatic rings. The van der Waals surface area contributed by atoms with Crippen LogP contribution in [0, 0.1) is 5.82 Å². The molecule has 6 heteroatoms. The van der Waals surface area contributed by atoms with Crippen LogP contribution in [-0.2, 0) is 0 Å². The summed E-state index contributed by atoms with van der Waals surface area (Å²) >= 11 is 2.71. The van der Waals surface area contributed by atoms with Crippen LogP contribution in [0.4, 0.5) is 15.9 Å². The summed E-state index contributed by atoms with van der Waals surface area (Å²) in [5, 5.41) is 4.75. The molecule has 0 saturated carbocycles. The average Bonchev–Trinajstić information content (AvgIpc) is 2.80. The van der Waals surface area contributed by atoms with Crippen molar-refractivity contribution < 1.29 is 4.39 Å². The van der Waals surface area contributed by atoms with Crippen LogP contribution < -0.4 is 10.0 Å². The fraction of sp³-hybridized carbons (Fsp3) is 0.100. The van der Waals surface area contributed by atoms with Gasteiger partial charge < -0.3 is 10.0 Å². The van der Waals surface area contributed by atoms with Crippen molar-refractivity contribution in [2.24, 2.45) is 0 Å². The zero-order valence-corrected chi connectivity index (χ0v) is 10.2. The first-order valence-corrected chi connectivity index (χ1v) is 6.34. The van der Waals surface area contributed by atoms with Crippen molar-refractivity contribution in [2.45, 2.75) is 4.90 Å². The van der Waals surface area contributed by atoms with Gasteiger partial charge in [0.25, 0.3) is 0 Å². The van der Waals surface area contributed by atoms with Crippen LogP contribution in [-0.4, -0.2) is 12.0 Å². The van der Waals surface area contributed by atoms with E-state index in [-0.39, 0.29) is 5.82 Å². The molecule has 0 atom stereocenters. The Hall–Kier alpha value is -1.27. The van der Waals surface area contributed by atoms with Gasteiger partial charge in [-0.2, -0.15) is 0 Å². The van der Waals surface area contributed by atoms with Crippen molar-refractivity contribution >= 4 is 34.8 Å². The molecule has 0 aliphatic rings. The second-order valence-corrected chi connectivity index (χ2v) is 4.54. The summed E-state index contributed by atoms with van der Waals surface area (Å²) in [5.74, 6) is 0.492. The highest BCUT2D eigenvalue weighted by Gasteiger charge is 2.04. The summed E-state index contributed by atoms with van der Waals surface area (Å²) in [6.07, 6.45) is 0. The molecule has 0 spiro atoms.